The molecule has 1 aromatic heterocycles. The van der Waals surface area contributed by atoms with Crippen LogP contribution in [0.5, 0.6) is 0 Å². The molecule has 4 rings (SSSR count). The molecule has 0 bridgehead atoms. The summed E-state index contributed by atoms with van der Waals surface area (Å²) in [6.07, 6.45) is 7.53. The third-order valence-corrected chi connectivity index (χ3v) is 5.49. The van der Waals surface area contributed by atoms with Crippen LogP contribution in [0.4, 0.5) is 5.13 Å². The van der Waals surface area contributed by atoms with Crippen LogP contribution in [0.1, 0.15) is 64.1 Å². The van der Waals surface area contributed by atoms with E-state index in [0.29, 0.717) is 5.92 Å². The SMILES string of the molecule is CC1(C)CN(c2nc(C3CC3)ns2)CC2(CCCC2)O1. The van der Waals surface area contributed by atoms with Gasteiger partial charge in [0.15, 0.2) is 0 Å². The minimum atomic E-state index is -0.0893. The molecule has 4 nitrogen and oxygen atoms in total. The zero-order valence-electron chi connectivity index (χ0n) is 12.4. The van der Waals surface area contributed by atoms with E-state index in [2.05, 4.69) is 23.1 Å². The highest BCUT2D eigenvalue weighted by Crippen LogP contribution is 2.43. The summed E-state index contributed by atoms with van der Waals surface area (Å²) >= 11 is 1.58. The average Bonchev–Trinajstić information content (AvgIpc) is 2.94. The van der Waals surface area contributed by atoms with Gasteiger partial charge in [0.2, 0.25) is 5.13 Å². The summed E-state index contributed by atoms with van der Waals surface area (Å²) in [7, 11) is 0. The van der Waals surface area contributed by atoms with Crippen LogP contribution in [0.3, 0.4) is 0 Å². The maximum Gasteiger partial charge on any atom is 0.205 e. The van der Waals surface area contributed by atoms with Gasteiger partial charge in [0.25, 0.3) is 0 Å². The fraction of sp³-hybridized carbons (Fsp3) is 0.867. The normalized spacial score (nSPS) is 28.2. The molecule has 1 saturated heterocycles. The Morgan fingerprint density at radius 1 is 1.20 bits per heavy atom. The van der Waals surface area contributed by atoms with Crippen molar-refractivity contribution in [3.05, 3.63) is 5.82 Å². The van der Waals surface area contributed by atoms with E-state index in [1.807, 2.05) is 0 Å². The van der Waals surface area contributed by atoms with Crippen LogP contribution in [0.25, 0.3) is 0 Å². The van der Waals surface area contributed by atoms with E-state index in [-0.39, 0.29) is 11.2 Å². The summed E-state index contributed by atoms with van der Waals surface area (Å²) in [6.45, 7) is 6.34. The summed E-state index contributed by atoms with van der Waals surface area (Å²) in [5, 5.41) is 1.11. The van der Waals surface area contributed by atoms with E-state index in [1.165, 1.54) is 38.5 Å². The number of hydrogen-bond acceptors (Lipinski definition) is 5. The van der Waals surface area contributed by atoms with Gasteiger partial charge in [-0.25, -0.2) is 4.98 Å². The molecule has 20 heavy (non-hydrogen) atoms. The first-order valence-electron chi connectivity index (χ1n) is 7.84. The van der Waals surface area contributed by atoms with Gasteiger partial charge >= 0.3 is 0 Å². The number of ether oxygens (including phenoxy) is 1. The van der Waals surface area contributed by atoms with Crippen LogP contribution in [-0.4, -0.2) is 33.6 Å². The van der Waals surface area contributed by atoms with Crippen molar-refractivity contribution in [2.45, 2.75) is 69.5 Å². The van der Waals surface area contributed by atoms with Gasteiger partial charge in [-0.1, -0.05) is 12.8 Å². The first-order valence-corrected chi connectivity index (χ1v) is 8.61. The van der Waals surface area contributed by atoms with E-state index in [0.717, 1.165) is 24.0 Å². The fourth-order valence-corrected chi connectivity index (χ4v) is 4.54. The van der Waals surface area contributed by atoms with Crippen molar-refractivity contribution in [3.63, 3.8) is 0 Å². The van der Waals surface area contributed by atoms with Crippen molar-refractivity contribution < 1.29 is 4.74 Å². The number of aromatic nitrogens is 2. The van der Waals surface area contributed by atoms with E-state index in [9.17, 15) is 0 Å². The van der Waals surface area contributed by atoms with Gasteiger partial charge in [-0.15, -0.1) is 0 Å². The molecular weight excluding hydrogens is 270 g/mol. The molecule has 3 fully saturated rings. The molecule has 2 saturated carbocycles. The minimum absolute atomic E-state index is 0.0627. The molecule has 0 unspecified atom stereocenters. The Balaban J connectivity index is 1.59. The number of anilines is 1. The fourth-order valence-electron chi connectivity index (χ4n) is 3.79. The second-order valence-corrected chi connectivity index (χ2v) is 8.05. The summed E-state index contributed by atoms with van der Waals surface area (Å²) in [4.78, 5) is 7.22. The Hall–Kier alpha value is -0.680. The van der Waals surface area contributed by atoms with Crippen LogP contribution in [0, 0.1) is 0 Å². The van der Waals surface area contributed by atoms with Crippen molar-refractivity contribution in [3.8, 4) is 0 Å². The van der Waals surface area contributed by atoms with Crippen molar-refractivity contribution in [2.75, 3.05) is 18.0 Å². The average molecular weight is 293 g/mol. The molecule has 2 aliphatic carbocycles. The quantitative estimate of drug-likeness (QED) is 0.838. The Kier molecular flexibility index (Phi) is 2.87. The smallest absolute Gasteiger partial charge is 0.205 e. The van der Waals surface area contributed by atoms with Crippen molar-refractivity contribution in [1.82, 2.24) is 9.36 Å². The van der Waals surface area contributed by atoms with E-state index in [1.54, 1.807) is 11.5 Å². The number of rotatable bonds is 2. The van der Waals surface area contributed by atoms with E-state index >= 15 is 0 Å². The van der Waals surface area contributed by atoms with Crippen LogP contribution >= 0.6 is 11.5 Å². The Labute approximate surface area is 124 Å². The first-order chi connectivity index (χ1) is 9.55. The van der Waals surface area contributed by atoms with Crippen molar-refractivity contribution in [2.24, 2.45) is 0 Å². The highest BCUT2D eigenvalue weighted by Gasteiger charge is 2.46. The Bertz CT molecular complexity index is 503. The molecule has 0 atom stereocenters. The molecule has 3 aliphatic rings. The zero-order valence-corrected chi connectivity index (χ0v) is 13.2. The minimum Gasteiger partial charge on any atom is -0.365 e. The van der Waals surface area contributed by atoms with Gasteiger partial charge in [0, 0.05) is 30.5 Å². The summed E-state index contributed by atoms with van der Waals surface area (Å²) < 4.78 is 11.0. The molecule has 110 valence electrons. The summed E-state index contributed by atoms with van der Waals surface area (Å²) in [6, 6.07) is 0. The Morgan fingerprint density at radius 2 is 1.95 bits per heavy atom. The molecule has 1 aliphatic heterocycles. The molecule has 2 heterocycles. The standard InChI is InChI=1S/C15H23N3OS/c1-14(2)9-18(10-15(19-14)7-3-4-8-15)13-16-12(17-20-13)11-5-6-11/h11H,3-10H2,1-2H3. The third kappa shape index (κ3) is 2.35. The second kappa shape index (κ2) is 4.41. The second-order valence-electron chi connectivity index (χ2n) is 7.32. The molecule has 1 spiro atoms. The molecule has 0 radical (unpaired) electrons. The predicted octanol–water partition coefficient (Wildman–Crippen LogP) is 3.34. The largest absolute Gasteiger partial charge is 0.365 e. The maximum atomic E-state index is 6.46. The Morgan fingerprint density at radius 3 is 2.65 bits per heavy atom. The van der Waals surface area contributed by atoms with Crippen LogP contribution in [0.2, 0.25) is 0 Å². The molecule has 1 aromatic rings. The third-order valence-electron chi connectivity index (χ3n) is 4.70. The van der Waals surface area contributed by atoms with E-state index in [4.69, 9.17) is 9.72 Å². The lowest BCUT2D eigenvalue weighted by molar-refractivity contribution is -0.148. The molecule has 0 aromatic carbocycles. The lowest BCUT2D eigenvalue weighted by Gasteiger charge is -2.48. The van der Waals surface area contributed by atoms with Gasteiger partial charge in [-0.3, -0.25) is 0 Å². The topological polar surface area (TPSA) is 38.2 Å². The highest BCUT2D eigenvalue weighted by atomic mass is 32.1. The van der Waals surface area contributed by atoms with Crippen LogP contribution in [0.15, 0.2) is 0 Å². The van der Waals surface area contributed by atoms with Crippen LogP contribution < -0.4 is 4.90 Å². The molecule has 0 amide bonds. The summed E-state index contributed by atoms with van der Waals surface area (Å²) in [5.74, 6) is 1.73. The lowest BCUT2D eigenvalue weighted by atomic mass is 9.94. The van der Waals surface area contributed by atoms with E-state index < -0.39 is 0 Å². The monoisotopic (exact) mass is 293 g/mol. The molecule has 0 N–H and O–H groups in total. The number of morpholine rings is 1. The first kappa shape index (κ1) is 13.0. The molecular formula is C15H23N3OS. The molecule has 5 heteroatoms. The van der Waals surface area contributed by atoms with Crippen LogP contribution in [-0.2, 0) is 4.74 Å². The zero-order chi connectivity index (χ0) is 13.8. The predicted molar refractivity (Wildman–Crippen MR) is 80.5 cm³/mol. The highest BCUT2D eigenvalue weighted by molar-refractivity contribution is 7.09. The van der Waals surface area contributed by atoms with Gasteiger partial charge in [-0.2, -0.15) is 4.37 Å². The van der Waals surface area contributed by atoms with Crippen molar-refractivity contribution in [1.29, 1.82) is 0 Å². The number of nitrogens with zero attached hydrogens (tertiary/aromatic N) is 3. The van der Waals surface area contributed by atoms with Gasteiger partial charge in [0.05, 0.1) is 11.2 Å². The van der Waals surface area contributed by atoms with Gasteiger partial charge < -0.3 is 9.64 Å². The maximum absolute atomic E-state index is 6.46. The lowest BCUT2D eigenvalue weighted by Crippen LogP contribution is -2.58. The van der Waals surface area contributed by atoms with Crippen molar-refractivity contribution >= 4 is 16.7 Å². The van der Waals surface area contributed by atoms with Gasteiger partial charge in [0.1, 0.15) is 5.82 Å². The summed E-state index contributed by atoms with van der Waals surface area (Å²) in [5.41, 5.74) is -0.0266. The number of hydrogen-bond donors (Lipinski definition) is 0. The van der Waals surface area contributed by atoms with Gasteiger partial charge in [-0.05, 0) is 39.5 Å².